The second kappa shape index (κ2) is 7.39. The maximum Gasteiger partial charge on any atom is 0.213 e. The van der Waals surface area contributed by atoms with Gasteiger partial charge in [-0.1, -0.05) is 12.1 Å². The van der Waals surface area contributed by atoms with Crippen molar-refractivity contribution in [1.29, 1.82) is 0 Å². The van der Waals surface area contributed by atoms with Crippen LogP contribution in [0, 0.1) is 5.92 Å². The van der Waals surface area contributed by atoms with Crippen LogP contribution < -0.4 is 4.74 Å². The van der Waals surface area contributed by atoms with Gasteiger partial charge in [-0.05, 0) is 45.1 Å². The number of rotatable bonds is 6. The van der Waals surface area contributed by atoms with Gasteiger partial charge in [0.15, 0.2) is 0 Å². The molecule has 0 amide bonds. The molecule has 7 heteroatoms. The molecule has 1 N–H and O–H groups in total. The number of benzene rings is 1. The van der Waals surface area contributed by atoms with E-state index in [4.69, 9.17) is 4.74 Å². The van der Waals surface area contributed by atoms with Crippen LogP contribution in [0.1, 0.15) is 18.9 Å². The largest absolute Gasteiger partial charge is 0.497 e. The molecule has 1 aromatic carbocycles. The molecular weight excluding hydrogens is 328 g/mol. The number of sulfonamides is 1. The highest BCUT2D eigenvalue weighted by Gasteiger charge is 2.45. The predicted octanol–water partition coefficient (Wildman–Crippen LogP) is 1.12. The van der Waals surface area contributed by atoms with Crippen LogP contribution in [0.25, 0.3) is 0 Å². The van der Waals surface area contributed by atoms with Crippen LogP contribution in [-0.4, -0.2) is 69.3 Å². The summed E-state index contributed by atoms with van der Waals surface area (Å²) in [5.74, 6) is 0.557. The fraction of sp³-hybridized carbons (Fsp3) is 0.647. The van der Waals surface area contributed by atoms with Crippen LogP contribution in [0.15, 0.2) is 24.3 Å². The Bertz CT molecular complexity index is 662. The van der Waals surface area contributed by atoms with E-state index in [1.807, 2.05) is 43.3 Å². The lowest BCUT2D eigenvalue weighted by molar-refractivity contribution is -0.0698. The smallest absolute Gasteiger partial charge is 0.213 e. The summed E-state index contributed by atoms with van der Waals surface area (Å²) in [7, 11) is 2.20. The first-order valence-corrected chi connectivity index (χ1v) is 9.83. The Morgan fingerprint density at radius 1 is 1.42 bits per heavy atom. The number of hydrogen-bond donors (Lipinski definition) is 1. The topological polar surface area (TPSA) is 70.1 Å². The van der Waals surface area contributed by atoms with Gasteiger partial charge in [-0.3, -0.25) is 0 Å². The van der Waals surface area contributed by atoms with E-state index in [0.717, 1.165) is 5.56 Å². The van der Waals surface area contributed by atoms with Crippen LogP contribution >= 0.6 is 0 Å². The van der Waals surface area contributed by atoms with Gasteiger partial charge in [0, 0.05) is 25.6 Å². The molecule has 0 aromatic heterocycles. The molecule has 0 bridgehead atoms. The molecule has 1 aliphatic heterocycles. The van der Waals surface area contributed by atoms with Crippen molar-refractivity contribution in [3.8, 4) is 5.75 Å². The fourth-order valence-electron chi connectivity index (χ4n) is 3.34. The van der Waals surface area contributed by atoms with Gasteiger partial charge in [-0.25, -0.2) is 12.7 Å². The van der Waals surface area contributed by atoms with Gasteiger partial charge in [0.1, 0.15) is 5.75 Å². The maximum atomic E-state index is 12.2. The Morgan fingerprint density at radius 2 is 2.12 bits per heavy atom. The predicted molar refractivity (Wildman–Crippen MR) is 94.6 cm³/mol. The summed E-state index contributed by atoms with van der Waals surface area (Å²) in [5.41, 5.74) is -0.291. The van der Waals surface area contributed by atoms with Crippen LogP contribution in [0.3, 0.4) is 0 Å². The Kier molecular flexibility index (Phi) is 5.91. The van der Waals surface area contributed by atoms with E-state index in [1.165, 1.54) is 4.31 Å². The van der Waals surface area contributed by atoms with Crippen molar-refractivity contribution in [1.82, 2.24) is 9.21 Å². The molecule has 1 aliphatic rings. The summed E-state index contributed by atoms with van der Waals surface area (Å²) < 4.78 is 31.3. The average Bonchev–Trinajstić information content (AvgIpc) is 2.56. The normalized spacial score (nSPS) is 25.8. The molecule has 2 atom stereocenters. The zero-order chi connectivity index (χ0) is 18.0. The molecule has 2 rings (SSSR count). The zero-order valence-electron chi connectivity index (χ0n) is 14.9. The molecule has 136 valence electrons. The Hall–Kier alpha value is -1.15. The molecule has 2 unspecified atom stereocenters. The van der Waals surface area contributed by atoms with Crippen LogP contribution in [0.2, 0.25) is 0 Å². The molecule has 1 saturated heterocycles. The lowest BCUT2D eigenvalue weighted by Gasteiger charge is -2.45. The van der Waals surface area contributed by atoms with Gasteiger partial charge < -0.3 is 14.7 Å². The van der Waals surface area contributed by atoms with E-state index in [2.05, 4.69) is 0 Å². The fourth-order valence-corrected chi connectivity index (χ4v) is 4.49. The molecule has 24 heavy (non-hydrogen) atoms. The minimum atomic E-state index is -3.26. The summed E-state index contributed by atoms with van der Waals surface area (Å²) in [4.78, 5) is 1.98. The van der Waals surface area contributed by atoms with E-state index in [0.29, 0.717) is 31.8 Å². The Labute approximate surface area is 145 Å². The van der Waals surface area contributed by atoms with Crippen LogP contribution in [0.5, 0.6) is 5.75 Å². The van der Waals surface area contributed by atoms with Gasteiger partial charge >= 0.3 is 0 Å². The zero-order valence-corrected chi connectivity index (χ0v) is 15.7. The minimum Gasteiger partial charge on any atom is -0.497 e. The lowest BCUT2D eigenvalue weighted by atomic mass is 9.76. The highest BCUT2D eigenvalue weighted by molar-refractivity contribution is 7.89. The van der Waals surface area contributed by atoms with Crippen molar-refractivity contribution in [2.75, 3.05) is 46.6 Å². The molecule has 1 fully saturated rings. The summed E-state index contributed by atoms with van der Waals surface area (Å²) in [5, 5.41) is 11.4. The first-order chi connectivity index (χ1) is 11.2. The second-order valence-corrected chi connectivity index (χ2v) is 8.88. The van der Waals surface area contributed by atoms with Gasteiger partial charge in [0.05, 0.1) is 18.5 Å². The summed E-state index contributed by atoms with van der Waals surface area (Å²) in [6.07, 6.45) is 0.373. The molecule has 1 heterocycles. The van der Waals surface area contributed by atoms with Crippen LogP contribution in [0.4, 0.5) is 0 Å². The molecule has 0 radical (unpaired) electrons. The highest BCUT2D eigenvalue weighted by atomic mass is 32.2. The van der Waals surface area contributed by atoms with E-state index in [9.17, 15) is 13.5 Å². The lowest BCUT2D eigenvalue weighted by Crippen LogP contribution is -2.54. The van der Waals surface area contributed by atoms with Crippen molar-refractivity contribution in [2.24, 2.45) is 5.92 Å². The Balaban J connectivity index is 2.36. The van der Waals surface area contributed by atoms with Crippen molar-refractivity contribution < 1.29 is 18.3 Å². The molecule has 0 aliphatic carbocycles. The molecular formula is C17H28N2O4S. The number of ether oxygens (including phenoxy) is 1. The number of aliphatic hydroxyl groups is 1. The summed E-state index contributed by atoms with van der Waals surface area (Å²) in [6, 6.07) is 7.42. The molecule has 0 saturated carbocycles. The van der Waals surface area contributed by atoms with E-state index in [1.54, 1.807) is 14.0 Å². The number of methoxy groups -OCH3 is 1. The highest BCUT2D eigenvalue weighted by Crippen LogP contribution is 2.39. The van der Waals surface area contributed by atoms with Gasteiger partial charge in [-0.15, -0.1) is 0 Å². The van der Waals surface area contributed by atoms with Gasteiger partial charge in [-0.2, -0.15) is 0 Å². The molecule has 1 aromatic rings. The summed E-state index contributed by atoms with van der Waals surface area (Å²) >= 11 is 0. The molecule has 0 spiro atoms. The quantitative estimate of drug-likeness (QED) is 0.827. The number of hydrogen-bond acceptors (Lipinski definition) is 5. The van der Waals surface area contributed by atoms with Crippen molar-refractivity contribution >= 4 is 10.0 Å². The SMILES string of the molecule is CCS(=O)(=O)N1CCC(O)(c2cccc(OC)c2)C(CN(C)C)C1. The first kappa shape index (κ1) is 19.2. The Morgan fingerprint density at radius 3 is 2.71 bits per heavy atom. The number of piperidine rings is 1. The van der Waals surface area contributed by atoms with E-state index in [-0.39, 0.29) is 11.7 Å². The third kappa shape index (κ3) is 3.91. The van der Waals surface area contributed by atoms with Crippen molar-refractivity contribution in [3.05, 3.63) is 29.8 Å². The van der Waals surface area contributed by atoms with Gasteiger partial charge in [0.2, 0.25) is 10.0 Å². The monoisotopic (exact) mass is 356 g/mol. The minimum absolute atomic E-state index is 0.0826. The number of nitrogens with zero attached hydrogens (tertiary/aromatic N) is 2. The first-order valence-electron chi connectivity index (χ1n) is 8.22. The maximum absolute atomic E-state index is 12.2. The average molecular weight is 356 g/mol. The second-order valence-electron chi connectivity index (χ2n) is 6.62. The third-order valence-corrected chi connectivity index (χ3v) is 6.60. The van der Waals surface area contributed by atoms with Gasteiger partial charge in [0.25, 0.3) is 0 Å². The van der Waals surface area contributed by atoms with E-state index < -0.39 is 15.6 Å². The standard InChI is InChI=1S/C17H28N2O4S/c1-5-24(21,22)19-10-9-17(20,15(13-19)12-18(2)3)14-7-6-8-16(11-14)23-4/h6-8,11,15,20H,5,9-10,12-13H2,1-4H3. The van der Waals surface area contributed by atoms with Crippen LogP contribution in [-0.2, 0) is 15.6 Å². The van der Waals surface area contributed by atoms with E-state index >= 15 is 0 Å². The third-order valence-electron chi connectivity index (χ3n) is 4.76. The summed E-state index contributed by atoms with van der Waals surface area (Å²) in [6.45, 7) is 2.90. The van der Waals surface area contributed by atoms with Crippen molar-refractivity contribution in [2.45, 2.75) is 18.9 Å². The molecule has 6 nitrogen and oxygen atoms in total. The van der Waals surface area contributed by atoms with Crippen molar-refractivity contribution in [3.63, 3.8) is 0 Å².